The van der Waals surface area contributed by atoms with Crippen molar-refractivity contribution >= 4 is 33.0 Å². The van der Waals surface area contributed by atoms with Crippen LogP contribution in [0, 0.1) is 6.92 Å². The van der Waals surface area contributed by atoms with Crippen molar-refractivity contribution in [3.05, 3.63) is 28.9 Å². The molecule has 0 fully saturated rings. The molecule has 2 aromatic heterocycles. The van der Waals surface area contributed by atoms with Gasteiger partial charge in [-0.2, -0.15) is 0 Å². The van der Waals surface area contributed by atoms with E-state index in [1.165, 1.54) is 0 Å². The molecule has 0 saturated heterocycles. The maximum absolute atomic E-state index is 12.0. The second-order valence-electron chi connectivity index (χ2n) is 4.25. The van der Waals surface area contributed by atoms with E-state index in [1.807, 2.05) is 10.8 Å². The van der Waals surface area contributed by atoms with E-state index in [4.69, 9.17) is 11.6 Å². The van der Waals surface area contributed by atoms with Gasteiger partial charge in [0.1, 0.15) is 0 Å². The standard InChI is InChI=1S/C11H15ClN4O2S2/c1-9-10(19-11(12)15-9)20(17,18)14-4-2-3-6-16-7-5-13-8-16/h5,7-8,14H,2-4,6H2,1H3. The maximum atomic E-state index is 12.0. The van der Waals surface area contributed by atoms with Crippen LogP contribution in [0.25, 0.3) is 0 Å². The van der Waals surface area contributed by atoms with Gasteiger partial charge < -0.3 is 4.57 Å². The quantitative estimate of drug-likeness (QED) is 0.786. The van der Waals surface area contributed by atoms with Crippen LogP contribution in [-0.4, -0.2) is 29.5 Å². The van der Waals surface area contributed by atoms with Gasteiger partial charge in [0.15, 0.2) is 8.68 Å². The van der Waals surface area contributed by atoms with Crippen LogP contribution in [0.1, 0.15) is 18.5 Å². The number of unbranched alkanes of at least 4 members (excludes halogenated alkanes) is 1. The predicted octanol–water partition coefficient (Wildman–Crippen LogP) is 2.06. The van der Waals surface area contributed by atoms with Gasteiger partial charge in [-0.1, -0.05) is 22.9 Å². The Bertz CT molecular complexity index is 652. The Labute approximate surface area is 126 Å². The van der Waals surface area contributed by atoms with Gasteiger partial charge in [-0.25, -0.2) is 23.1 Å². The van der Waals surface area contributed by atoms with E-state index in [0.717, 1.165) is 30.7 Å². The third-order valence-corrected chi connectivity index (χ3v) is 6.00. The summed E-state index contributed by atoms with van der Waals surface area (Å²) >= 11 is 6.69. The number of imidazole rings is 1. The summed E-state index contributed by atoms with van der Waals surface area (Å²) < 4.78 is 29.0. The van der Waals surface area contributed by atoms with Crippen molar-refractivity contribution < 1.29 is 8.42 Å². The normalized spacial score (nSPS) is 11.9. The molecule has 2 aromatic rings. The van der Waals surface area contributed by atoms with Crippen molar-refractivity contribution in [3.8, 4) is 0 Å². The van der Waals surface area contributed by atoms with E-state index in [-0.39, 0.29) is 8.68 Å². The Morgan fingerprint density at radius 1 is 1.45 bits per heavy atom. The van der Waals surface area contributed by atoms with Crippen LogP contribution in [0.5, 0.6) is 0 Å². The predicted molar refractivity (Wildman–Crippen MR) is 78.5 cm³/mol. The fraction of sp³-hybridized carbons (Fsp3) is 0.455. The summed E-state index contributed by atoms with van der Waals surface area (Å²) in [7, 11) is -3.50. The van der Waals surface area contributed by atoms with E-state index in [9.17, 15) is 8.42 Å². The Hall–Kier alpha value is -0.960. The molecule has 0 saturated carbocycles. The Kier molecular flexibility index (Phi) is 5.14. The molecule has 6 nitrogen and oxygen atoms in total. The minimum absolute atomic E-state index is 0.192. The second-order valence-corrected chi connectivity index (χ2v) is 7.79. The van der Waals surface area contributed by atoms with Crippen LogP contribution in [0.4, 0.5) is 0 Å². The molecule has 2 heterocycles. The van der Waals surface area contributed by atoms with E-state index < -0.39 is 10.0 Å². The minimum Gasteiger partial charge on any atom is -0.337 e. The molecule has 0 amide bonds. The zero-order valence-corrected chi connectivity index (χ0v) is 13.3. The second kappa shape index (κ2) is 6.66. The number of nitrogens with one attached hydrogen (secondary N) is 1. The lowest BCUT2D eigenvalue weighted by Gasteiger charge is -2.05. The Morgan fingerprint density at radius 2 is 2.25 bits per heavy atom. The SMILES string of the molecule is Cc1nc(Cl)sc1S(=O)(=O)NCCCCn1ccnc1. The summed E-state index contributed by atoms with van der Waals surface area (Å²) in [6.45, 7) is 2.86. The molecule has 0 aromatic carbocycles. The van der Waals surface area contributed by atoms with E-state index in [0.29, 0.717) is 12.2 Å². The highest BCUT2D eigenvalue weighted by Gasteiger charge is 2.20. The molecule has 0 aliphatic rings. The molecule has 110 valence electrons. The minimum atomic E-state index is -3.50. The largest absolute Gasteiger partial charge is 0.337 e. The average molecular weight is 335 g/mol. The third kappa shape index (κ3) is 4.02. The summed E-state index contributed by atoms with van der Waals surface area (Å²) in [5.74, 6) is 0. The van der Waals surface area contributed by atoms with Crippen LogP contribution in [0.15, 0.2) is 22.9 Å². The summed E-state index contributed by atoms with van der Waals surface area (Å²) in [5.41, 5.74) is 0.436. The van der Waals surface area contributed by atoms with Gasteiger partial charge in [-0.05, 0) is 19.8 Å². The topological polar surface area (TPSA) is 76.9 Å². The molecule has 0 radical (unpaired) electrons. The van der Waals surface area contributed by atoms with Crippen molar-refractivity contribution in [2.75, 3.05) is 6.54 Å². The molecule has 0 bridgehead atoms. The first-order chi connectivity index (χ1) is 9.49. The van der Waals surface area contributed by atoms with Gasteiger partial charge in [0.2, 0.25) is 0 Å². The van der Waals surface area contributed by atoms with E-state index >= 15 is 0 Å². The number of hydrogen-bond acceptors (Lipinski definition) is 5. The molecular formula is C11H15ClN4O2S2. The molecule has 2 rings (SSSR count). The Balaban J connectivity index is 1.79. The number of hydrogen-bond donors (Lipinski definition) is 1. The smallest absolute Gasteiger partial charge is 0.251 e. The van der Waals surface area contributed by atoms with Gasteiger partial charge >= 0.3 is 0 Å². The molecular weight excluding hydrogens is 320 g/mol. The van der Waals surface area contributed by atoms with E-state index in [2.05, 4.69) is 14.7 Å². The summed E-state index contributed by atoms with van der Waals surface area (Å²) in [6.07, 6.45) is 6.98. The number of sulfonamides is 1. The third-order valence-electron chi connectivity index (χ3n) is 2.67. The van der Waals surface area contributed by atoms with Gasteiger partial charge in [0, 0.05) is 25.5 Å². The molecule has 9 heteroatoms. The van der Waals surface area contributed by atoms with Crippen molar-refractivity contribution in [1.29, 1.82) is 0 Å². The average Bonchev–Trinajstić information content (AvgIpc) is 2.98. The van der Waals surface area contributed by atoms with Crippen molar-refractivity contribution in [2.45, 2.75) is 30.5 Å². The number of nitrogens with zero attached hydrogens (tertiary/aromatic N) is 3. The molecule has 20 heavy (non-hydrogen) atoms. The summed E-state index contributed by atoms with van der Waals surface area (Å²) in [6, 6.07) is 0. The zero-order valence-electron chi connectivity index (χ0n) is 10.9. The zero-order chi connectivity index (χ0) is 14.6. The van der Waals surface area contributed by atoms with E-state index in [1.54, 1.807) is 19.4 Å². The fourth-order valence-electron chi connectivity index (χ4n) is 1.71. The monoisotopic (exact) mass is 334 g/mol. The maximum Gasteiger partial charge on any atom is 0.251 e. The van der Waals surface area contributed by atoms with Gasteiger partial charge in [-0.3, -0.25) is 0 Å². The fourth-order valence-corrected chi connectivity index (χ4v) is 4.57. The molecule has 0 aliphatic carbocycles. The van der Waals surface area contributed by atoms with Crippen LogP contribution < -0.4 is 4.72 Å². The lowest BCUT2D eigenvalue weighted by Crippen LogP contribution is -2.24. The summed E-state index contributed by atoms with van der Waals surface area (Å²) in [5, 5.41) is 0. The van der Waals surface area contributed by atoms with Crippen LogP contribution in [-0.2, 0) is 16.6 Å². The molecule has 0 atom stereocenters. The highest BCUT2D eigenvalue weighted by molar-refractivity contribution is 7.91. The molecule has 0 spiro atoms. The summed E-state index contributed by atoms with van der Waals surface area (Å²) in [4.78, 5) is 7.86. The lowest BCUT2D eigenvalue weighted by atomic mass is 10.3. The molecule has 0 aliphatic heterocycles. The number of halogens is 1. The number of aromatic nitrogens is 3. The number of thiazole rings is 1. The first kappa shape index (κ1) is 15.4. The molecule has 0 unspecified atom stereocenters. The van der Waals surface area contributed by atoms with Crippen molar-refractivity contribution in [3.63, 3.8) is 0 Å². The number of aryl methyl sites for hydroxylation is 2. The van der Waals surface area contributed by atoms with Gasteiger partial charge in [0.25, 0.3) is 10.0 Å². The van der Waals surface area contributed by atoms with Crippen LogP contribution in [0.2, 0.25) is 4.47 Å². The van der Waals surface area contributed by atoms with Gasteiger partial charge in [0.05, 0.1) is 12.0 Å². The highest BCUT2D eigenvalue weighted by atomic mass is 35.5. The first-order valence-corrected chi connectivity index (χ1v) is 8.75. The number of rotatable bonds is 7. The first-order valence-electron chi connectivity index (χ1n) is 6.07. The Morgan fingerprint density at radius 3 is 2.85 bits per heavy atom. The van der Waals surface area contributed by atoms with Gasteiger partial charge in [-0.15, -0.1) is 0 Å². The van der Waals surface area contributed by atoms with Crippen molar-refractivity contribution in [2.24, 2.45) is 0 Å². The van der Waals surface area contributed by atoms with Crippen molar-refractivity contribution in [1.82, 2.24) is 19.3 Å². The van der Waals surface area contributed by atoms with Crippen LogP contribution >= 0.6 is 22.9 Å². The molecule has 1 N–H and O–H groups in total. The highest BCUT2D eigenvalue weighted by Crippen LogP contribution is 2.26. The van der Waals surface area contributed by atoms with Crippen LogP contribution in [0.3, 0.4) is 0 Å². The lowest BCUT2D eigenvalue weighted by molar-refractivity contribution is 0.567.